The van der Waals surface area contributed by atoms with Gasteiger partial charge < -0.3 is 15.0 Å². The third-order valence-corrected chi connectivity index (χ3v) is 5.70. The highest BCUT2D eigenvalue weighted by atomic mass is 32.1. The average molecular weight is 451 g/mol. The minimum Gasteiger partial charge on any atom is -0.437 e. The van der Waals surface area contributed by atoms with Crippen molar-refractivity contribution in [2.75, 3.05) is 23.8 Å². The van der Waals surface area contributed by atoms with E-state index in [0.717, 1.165) is 16.9 Å². The zero-order valence-electron chi connectivity index (χ0n) is 18.0. The van der Waals surface area contributed by atoms with E-state index in [1.807, 2.05) is 24.3 Å². The maximum Gasteiger partial charge on any atom is 0.436 e. The van der Waals surface area contributed by atoms with Crippen molar-refractivity contribution in [3.05, 3.63) is 53.9 Å². The SMILES string of the molecule is CCN(C)c1sc(Nc2cccnc2Oc2ccccc2C(C)(C)C)nc1C(F)(F)F. The summed E-state index contributed by atoms with van der Waals surface area (Å²) >= 11 is 0.937. The summed E-state index contributed by atoms with van der Waals surface area (Å²) in [4.78, 5) is 9.61. The number of hydrogen-bond acceptors (Lipinski definition) is 6. The van der Waals surface area contributed by atoms with Crippen LogP contribution in [0, 0.1) is 0 Å². The van der Waals surface area contributed by atoms with Gasteiger partial charge in [-0.25, -0.2) is 9.97 Å². The highest BCUT2D eigenvalue weighted by Gasteiger charge is 2.38. The number of para-hydroxylation sites is 1. The van der Waals surface area contributed by atoms with E-state index < -0.39 is 11.9 Å². The van der Waals surface area contributed by atoms with E-state index in [-0.39, 0.29) is 21.4 Å². The Labute approximate surface area is 183 Å². The Morgan fingerprint density at radius 1 is 1.10 bits per heavy atom. The Kier molecular flexibility index (Phi) is 6.45. The summed E-state index contributed by atoms with van der Waals surface area (Å²) < 4.78 is 46.5. The molecule has 31 heavy (non-hydrogen) atoms. The van der Waals surface area contributed by atoms with Gasteiger partial charge in [0.2, 0.25) is 5.88 Å². The van der Waals surface area contributed by atoms with Crippen LogP contribution in [0.25, 0.3) is 0 Å². The van der Waals surface area contributed by atoms with Crippen LogP contribution in [-0.2, 0) is 11.6 Å². The maximum absolute atomic E-state index is 13.5. The lowest BCUT2D eigenvalue weighted by Gasteiger charge is -2.22. The number of anilines is 3. The van der Waals surface area contributed by atoms with Crippen molar-refractivity contribution in [3.8, 4) is 11.6 Å². The summed E-state index contributed by atoms with van der Waals surface area (Å²) in [5.41, 5.74) is 0.357. The van der Waals surface area contributed by atoms with Gasteiger partial charge in [-0.2, -0.15) is 13.2 Å². The number of nitrogens with one attached hydrogen (secondary N) is 1. The predicted octanol–water partition coefficient (Wildman–Crippen LogP) is 6.85. The van der Waals surface area contributed by atoms with E-state index in [2.05, 4.69) is 36.1 Å². The molecule has 0 aliphatic rings. The first-order valence-corrected chi connectivity index (χ1v) is 10.6. The predicted molar refractivity (Wildman–Crippen MR) is 119 cm³/mol. The smallest absolute Gasteiger partial charge is 0.436 e. The molecule has 0 bridgehead atoms. The van der Waals surface area contributed by atoms with Crippen LogP contribution >= 0.6 is 11.3 Å². The zero-order chi connectivity index (χ0) is 22.8. The van der Waals surface area contributed by atoms with Crippen molar-refractivity contribution >= 4 is 27.2 Å². The van der Waals surface area contributed by atoms with Gasteiger partial charge in [0.1, 0.15) is 16.4 Å². The van der Waals surface area contributed by atoms with Gasteiger partial charge in [0, 0.05) is 25.4 Å². The molecule has 5 nitrogen and oxygen atoms in total. The van der Waals surface area contributed by atoms with Gasteiger partial charge in [0.15, 0.2) is 10.8 Å². The van der Waals surface area contributed by atoms with Crippen LogP contribution in [0.3, 0.4) is 0 Å². The molecule has 0 amide bonds. The van der Waals surface area contributed by atoms with E-state index in [1.165, 1.54) is 4.90 Å². The lowest BCUT2D eigenvalue weighted by Crippen LogP contribution is -2.19. The molecule has 0 aliphatic heterocycles. The van der Waals surface area contributed by atoms with Crippen molar-refractivity contribution in [2.45, 2.75) is 39.3 Å². The number of ether oxygens (including phenoxy) is 1. The minimum absolute atomic E-state index is 0.0573. The Bertz CT molecular complexity index is 1040. The molecular weight excluding hydrogens is 425 g/mol. The number of halogens is 3. The molecule has 166 valence electrons. The first-order chi connectivity index (χ1) is 14.5. The molecule has 1 aromatic carbocycles. The van der Waals surface area contributed by atoms with Crippen LogP contribution in [0.5, 0.6) is 11.6 Å². The molecule has 3 rings (SSSR count). The quantitative estimate of drug-likeness (QED) is 0.445. The fourth-order valence-corrected chi connectivity index (χ4v) is 3.94. The number of rotatable bonds is 6. The molecule has 0 fully saturated rings. The molecule has 2 aromatic heterocycles. The number of alkyl halides is 3. The summed E-state index contributed by atoms with van der Waals surface area (Å²) in [6.07, 6.45) is -2.98. The molecule has 0 saturated heterocycles. The molecule has 0 aliphatic carbocycles. The van der Waals surface area contributed by atoms with Crippen LogP contribution in [0.4, 0.5) is 29.0 Å². The highest BCUT2D eigenvalue weighted by Crippen LogP contribution is 2.43. The van der Waals surface area contributed by atoms with Crippen molar-refractivity contribution in [2.24, 2.45) is 0 Å². The number of nitrogens with zero attached hydrogens (tertiary/aromatic N) is 3. The number of thiazole rings is 1. The van der Waals surface area contributed by atoms with Crippen LogP contribution in [-0.4, -0.2) is 23.6 Å². The monoisotopic (exact) mass is 450 g/mol. The van der Waals surface area contributed by atoms with Crippen molar-refractivity contribution < 1.29 is 17.9 Å². The fourth-order valence-electron chi connectivity index (χ4n) is 2.91. The third kappa shape index (κ3) is 5.28. The van der Waals surface area contributed by atoms with E-state index in [0.29, 0.717) is 18.0 Å². The molecular formula is C22H25F3N4OS. The molecule has 1 N–H and O–H groups in total. The van der Waals surface area contributed by atoms with Gasteiger partial charge in [-0.1, -0.05) is 50.3 Å². The Balaban J connectivity index is 1.95. The lowest BCUT2D eigenvalue weighted by molar-refractivity contribution is -0.140. The standard InChI is InChI=1S/C22H25F3N4OS/c1-6-29(5)19-17(22(23,24)25)28-20(31-19)27-15-11-9-13-26-18(15)30-16-12-8-7-10-14(16)21(2,3)4/h7-13H,6H2,1-5H3,(H,27,28). The summed E-state index contributed by atoms with van der Waals surface area (Å²) in [7, 11) is 1.61. The van der Waals surface area contributed by atoms with Gasteiger partial charge in [-0.05, 0) is 30.5 Å². The second kappa shape index (κ2) is 8.74. The molecule has 0 spiro atoms. The van der Waals surface area contributed by atoms with E-state index in [9.17, 15) is 13.2 Å². The average Bonchev–Trinajstić information content (AvgIpc) is 3.13. The number of benzene rings is 1. The number of pyridine rings is 1. The highest BCUT2D eigenvalue weighted by molar-refractivity contribution is 7.19. The molecule has 0 radical (unpaired) electrons. The van der Waals surface area contributed by atoms with E-state index in [1.54, 1.807) is 32.3 Å². The second-order valence-corrected chi connectivity index (χ2v) is 8.99. The summed E-state index contributed by atoms with van der Waals surface area (Å²) in [5, 5.41) is 3.13. The summed E-state index contributed by atoms with van der Waals surface area (Å²) in [6.45, 7) is 8.44. The second-order valence-electron chi connectivity index (χ2n) is 8.01. The van der Waals surface area contributed by atoms with Crippen LogP contribution in [0.1, 0.15) is 39.0 Å². The molecule has 9 heteroatoms. The first kappa shape index (κ1) is 22.9. The first-order valence-electron chi connectivity index (χ1n) is 9.79. The Morgan fingerprint density at radius 3 is 2.45 bits per heavy atom. The van der Waals surface area contributed by atoms with Crippen molar-refractivity contribution in [1.82, 2.24) is 9.97 Å². The summed E-state index contributed by atoms with van der Waals surface area (Å²) in [5.74, 6) is 0.895. The minimum atomic E-state index is -4.55. The topological polar surface area (TPSA) is 50.3 Å². The van der Waals surface area contributed by atoms with Gasteiger partial charge in [-0.3, -0.25) is 0 Å². The van der Waals surface area contributed by atoms with Crippen molar-refractivity contribution in [1.29, 1.82) is 0 Å². The van der Waals surface area contributed by atoms with Crippen LogP contribution in [0.15, 0.2) is 42.6 Å². The fraction of sp³-hybridized carbons (Fsp3) is 0.364. The van der Waals surface area contributed by atoms with Crippen LogP contribution < -0.4 is 15.0 Å². The molecule has 3 aromatic rings. The zero-order valence-corrected chi connectivity index (χ0v) is 18.9. The van der Waals surface area contributed by atoms with Gasteiger partial charge >= 0.3 is 6.18 Å². The Hall–Kier alpha value is -2.81. The normalized spacial score (nSPS) is 12.0. The maximum atomic E-state index is 13.5. The van der Waals surface area contributed by atoms with E-state index >= 15 is 0 Å². The van der Waals surface area contributed by atoms with Gasteiger partial charge in [0.25, 0.3) is 0 Å². The number of aromatic nitrogens is 2. The Morgan fingerprint density at radius 2 is 1.81 bits per heavy atom. The summed E-state index contributed by atoms with van der Waals surface area (Å²) in [6, 6.07) is 11.0. The third-order valence-electron chi connectivity index (χ3n) is 4.61. The number of hydrogen-bond donors (Lipinski definition) is 1. The van der Waals surface area contributed by atoms with Crippen molar-refractivity contribution in [3.63, 3.8) is 0 Å². The molecule has 0 atom stereocenters. The van der Waals surface area contributed by atoms with E-state index in [4.69, 9.17) is 4.74 Å². The van der Waals surface area contributed by atoms with Gasteiger partial charge in [-0.15, -0.1) is 0 Å². The van der Waals surface area contributed by atoms with Crippen LogP contribution in [0.2, 0.25) is 0 Å². The largest absolute Gasteiger partial charge is 0.437 e. The molecule has 0 unspecified atom stereocenters. The lowest BCUT2D eigenvalue weighted by atomic mass is 9.86. The molecule has 2 heterocycles. The van der Waals surface area contributed by atoms with Gasteiger partial charge in [0.05, 0.1) is 0 Å². The molecule has 0 saturated carbocycles.